The Morgan fingerprint density at radius 2 is 1.67 bits per heavy atom. The third-order valence-electron chi connectivity index (χ3n) is 4.64. The summed E-state index contributed by atoms with van der Waals surface area (Å²) in [6.45, 7) is 7.36. The molecule has 0 saturated carbocycles. The standard InChI is InChI=1S/C26H27BrN2O4/c1-4-31-22-12-10-21(11-13-22)26(30)29-28-16-20-14-23(27)25(24(15-20)32-5-2)33-17-19-8-6-18(3)7-9-19/h6-16H,4-5,17H2,1-3H3,(H,29,30)/b28-16+. The normalized spacial score (nSPS) is 10.8. The summed E-state index contributed by atoms with van der Waals surface area (Å²) < 4.78 is 17.9. The van der Waals surface area contributed by atoms with Gasteiger partial charge in [0.05, 0.1) is 23.9 Å². The molecule has 0 radical (unpaired) electrons. The summed E-state index contributed by atoms with van der Waals surface area (Å²) >= 11 is 3.56. The number of benzene rings is 3. The van der Waals surface area contributed by atoms with Crippen LogP contribution >= 0.6 is 15.9 Å². The lowest BCUT2D eigenvalue weighted by molar-refractivity contribution is 0.0955. The fourth-order valence-corrected chi connectivity index (χ4v) is 3.58. The van der Waals surface area contributed by atoms with Crippen LogP contribution in [0.2, 0.25) is 0 Å². The highest BCUT2D eigenvalue weighted by atomic mass is 79.9. The molecule has 0 bridgehead atoms. The van der Waals surface area contributed by atoms with Gasteiger partial charge in [0.1, 0.15) is 12.4 Å². The van der Waals surface area contributed by atoms with E-state index in [1.165, 1.54) is 5.56 Å². The molecule has 3 aromatic carbocycles. The second-order valence-electron chi connectivity index (χ2n) is 7.19. The second kappa shape index (κ2) is 12.1. The van der Waals surface area contributed by atoms with Gasteiger partial charge in [-0.2, -0.15) is 5.10 Å². The van der Waals surface area contributed by atoms with Crippen molar-refractivity contribution in [2.45, 2.75) is 27.4 Å². The van der Waals surface area contributed by atoms with Gasteiger partial charge >= 0.3 is 0 Å². The summed E-state index contributed by atoms with van der Waals surface area (Å²) in [7, 11) is 0. The molecule has 0 spiro atoms. The van der Waals surface area contributed by atoms with E-state index in [2.05, 4.69) is 45.5 Å². The first-order valence-electron chi connectivity index (χ1n) is 10.7. The van der Waals surface area contributed by atoms with E-state index in [-0.39, 0.29) is 5.91 Å². The first-order valence-corrected chi connectivity index (χ1v) is 11.5. The van der Waals surface area contributed by atoms with Crippen LogP contribution in [0, 0.1) is 6.92 Å². The van der Waals surface area contributed by atoms with Crippen molar-refractivity contribution >= 4 is 28.1 Å². The molecule has 172 valence electrons. The molecule has 7 heteroatoms. The molecule has 0 unspecified atom stereocenters. The number of amides is 1. The minimum absolute atomic E-state index is 0.309. The maximum Gasteiger partial charge on any atom is 0.271 e. The molecule has 0 aliphatic heterocycles. The van der Waals surface area contributed by atoms with Gasteiger partial charge in [-0.25, -0.2) is 5.43 Å². The van der Waals surface area contributed by atoms with Crippen molar-refractivity contribution in [3.8, 4) is 17.2 Å². The van der Waals surface area contributed by atoms with Gasteiger partial charge < -0.3 is 14.2 Å². The van der Waals surface area contributed by atoms with Gasteiger partial charge in [-0.3, -0.25) is 4.79 Å². The number of rotatable bonds is 10. The molecule has 6 nitrogen and oxygen atoms in total. The Balaban J connectivity index is 1.67. The molecular formula is C26H27BrN2O4. The van der Waals surface area contributed by atoms with Gasteiger partial charge in [-0.15, -0.1) is 0 Å². The van der Waals surface area contributed by atoms with Crippen molar-refractivity contribution in [2.75, 3.05) is 13.2 Å². The monoisotopic (exact) mass is 510 g/mol. The topological polar surface area (TPSA) is 69.2 Å². The lowest BCUT2D eigenvalue weighted by atomic mass is 10.1. The molecule has 0 atom stereocenters. The average molecular weight is 511 g/mol. The number of hydrogen-bond acceptors (Lipinski definition) is 5. The molecule has 0 fully saturated rings. The van der Waals surface area contributed by atoms with Crippen molar-refractivity contribution in [1.82, 2.24) is 5.43 Å². The number of halogens is 1. The van der Waals surface area contributed by atoms with Crippen LogP contribution in [0.4, 0.5) is 0 Å². The highest BCUT2D eigenvalue weighted by Gasteiger charge is 2.12. The van der Waals surface area contributed by atoms with Crippen LogP contribution in [-0.4, -0.2) is 25.3 Å². The van der Waals surface area contributed by atoms with Gasteiger partial charge in [0.2, 0.25) is 0 Å². The average Bonchev–Trinajstić information content (AvgIpc) is 2.80. The molecule has 0 heterocycles. The van der Waals surface area contributed by atoms with Crippen LogP contribution in [0.3, 0.4) is 0 Å². The zero-order valence-corrected chi connectivity index (χ0v) is 20.5. The summed E-state index contributed by atoms with van der Waals surface area (Å²) in [6, 6.07) is 18.8. The first-order chi connectivity index (χ1) is 16.0. The molecule has 0 aromatic heterocycles. The van der Waals surface area contributed by atoms with Gasteiger partial charge in [-0.1, -0.05) is 29.8 Å². The van der Waals surface area contributed by atoms with Crippen LogP contribution < -0.4 is 19.6 Å². The minimum Gasteiger partial charge on any atom is -0.494 e. The molecule has 1 amide bonds. The predicted octanol–water partition coefficient (Wildman–Crippen LogP) is 5.90. The second-order valence-corrected chi connectivity index (χ2v) is 8.05. The van der Waals surface area contributed by atoms with Crippen molar-refractivity contribution < 1.29 is 19.0 Å². The summed E-state index contributed by atoms with van der Waals surface area (Å²) in [5, 5.41) is 4.08. The van der Waals surface area contributed by atoms with E-state index in [1.807, 2.05) is 38.1 Å². The first kappa shape index (κ1) is 24.3. The highest BCUT2D eigenvalue weighted by molar-refractivity contribution is 9.10. The fourth-order valence-electron chi connectivity index (χ4n) is 3.00. The number of nitrogens with zero attached hydrogens (tertiary/aromatic N) is 1. The molecular weight excluding hydrogens is 484 g/mol. The van der Waals surface area contributed by atoms with Gasteiger partial charge in [-0.05, 0) is 84.2 Å². The van der Waals surface area contributed by atoms with Crippen molar-refractivity contribution in [3.05, 3.63) is 87.4 Å². The quantitative estimate of drug-likeness (QED) is 0.272. The van der Waals surface area contributed by atoms with E-state index in [0.29, 0.717) is 36.9 Å². The number of nitrogens with one attached hydrogen (secondary N) is 1. The number of hydrogen-bond donors (Lipinski definition) is 1. The lowest BCUT2D eigenvalue weighted by Crippen LogP contribution is -2.17. The minimum atomic E-state index is -0.309. The zero-order chi connectivity index (χ0) is 23.6. The van der Waals surface area contributed by atoms with E-state index >= 15 is 0 Å². The van der Waals surface area contributed by atoms with Crippen LogP contribution in [0.5, 0.6) is 17.2 Å². The fraction of sp³-hybridized carbons (Fsp3) is 0.231. The summed E-state index contributed by atoms with van der Waals surface area (Å²) in [4.78, 5) is 12.3. The lowest BCUT2D eigenvalue weighted by Gasteiger charge is -2.15. The Morgan fingerprint density at radius 3 is 2.33 bits per heavy atom. The third kappa shape index (κ3) is 7.08. The Kier molecular flexibility index (Phi) is 8.89. The molecule has 3 aromatic rings. The molecule has 33 heavy (non-hydrogen) atoms. The van der Waals surface area contributed by atoms with Crippen molar-refractivity contribution in [3.63, 3.8) is 0 Å². The molecule has 0 aliphatic carbocycles. The molecule has 3 rings (SSSR count). The molecule has 1 N–H and O–H groups in total. The smallest absolute Gasteiger partial charge is 0.271 e. The Morgan fingerprint density at radius 1 is 0.970 bits per heavy atom. The van der Waals surface area contributed by atoms with Crippen molar-refractivity contribution in [1.29, 1.82) is 0 Å². The van der Waals surface area contributed by atoms with Gasteiger partial charge in [0.25, 0.3) is 5.91 Å². The van der Waals surface area contributed by atoms with Crippen LogP contribution in [0.15, 0.2) is 70.2 Å². The number of hydrazone groups is 1. The number of ether oxygens (including phenoxy) is 3. The maximum atomic E-state index is 12.3. The Hall–Kier alpha value is -3.32. The Bertz CT molecular complexity index is 1100. The SMILES string of the molecule is CCOc1ccc(C(=O)N/N=C/c2cc(Br)c(OCc3ccc(C)cc3)c(OCC)c2)cc1. The number of carbonyl (C=O) groups excluding carboxylic acids is 1. The van der Waals surface area contributed by atoms with E-state index in [1.54, 1.807) is 30.5 Å². The summed E-state index contributed by atoms with van der Waals surface area (Å²) in [6.07, 6.45) is 1.56. The Labute approximate surface area is 202 Å². The van der Waals surface area contributed by atoms with Gasteiger partial charge in [0.15, 0.2) is 11.5 Å². The van der Waals surface area contributed by atoms with E-state index in [0.717, 1.165) is 21.3 Å². The molecule has 0 aliphatic rings. The van der Waals surface area contributed by atoms with Crippen LogP contribution in [0.1, 0.15) is 40.9 Å². The number of carbonyl (C=O) groups is 1. The van der Waals surface area contributed by atoms with Crippen LogP contribution in [-0.2, 0) is 6.61 Å². The number of aryl methyl sites for hydroxylation is 1. The van der Waals surface area contributed by atoms with Gasteiger partial charge in [0, 0.05) is 5.56 Å². The largest absolute Gasteiger partial charge is 0.494 e. The highest BCUT2D eigenvalue weighted by Crippen LogP contribution is 2.37. The van der Waals surface area contributed by atoms with E-state index in [4.69, 9.17) is 14.2 Å². The van der Waals surface area contributed by atoms with Crippen molar-refractivity contribution in [2.24, 2.45) is 5.10 Å². The molecule has 0 saturated heterocycles. The zero-order valence-electron chi connectivity index (χ0n) is 18.9. The van der Waals surface area contributed by atoms with Crippen LogP contribution in [0.25, 0.3) is 0 Å². The third-order valence-corrected chi connectivity index (χ3v) is 5.23. The van der Waals surface area contributed by atoms with E-state index in [9.17, 15) is 4.79 Å². The maximum absolute atomic E-state index is 12.3. The summed E-state index contributed by atoms with van der Waals surface area (Å²) in [5.74, 6) is 1.62. The predicted molar refractivity (Wildman–Crippen MR) is 133 cm³/mol. The summed E-state index contributed by atoms with van der Waals surface area (Å²) in [5.41, 5.74) is 6.05. The van der Waals surface area contributed by atoms with E-state index < -0.39 is 0 Å².